The van der Waals surface area contributed by atoms with Gasteiger partial charge in [-0.1, -0.05) is 12.1 Å². The number of carbonyl (C=O) groups excluding carboxylic acids is 1. The molecule has 2 rings (SSSR count). The van der Waals surface area contributed by atoms with Crippen molar-refractivity contribution in [1.29, 1.82) is 0 Å². The lowest BCUT2D eigenvalue weighted by Crippen LogP contribution is -2.34. The van der Waals surface area contributed by atoms with Crippen molar-refractivity contribution in [3.05, 3.63) is 57.8 Å². The summed E-state index contributed by atoms with van der Waals surface area (Å²) in [6.45, 7) is 0.765. The number of hydrogen-bond acceptors (Lipinski definition) is 3. The summed E-state index contributed by atoms with van der Waals surface area (Å²) < 4.78 is 0. The molecule has 1 aromatic heterocycles. The molecule has 0 saturated carbocycles. The van der Waals surface area contributed by atoms with Crippen molar-refractivity contribution < 1.29 is 14.7 Å². The van der Waals surface area contributed by atoms with Gasteiger partial charge in [0.15, 0.2) is 0 Å². The number of benzene rings is 1. The van der Waals surface area contributed by atoms with Gasteiger partial charge in [0.05, 0.1) is 5.56 Å². The first-order valence-corrected chi connectivity index (χ1v) is 6.94. The second-order valence-corrected chi connectivity index (χ2v) is 4.95. The van der Waals surface area contributed by atoms with Gasteiger partial charge >= 0.3 is 12.0 Å². The van der Waals surface area contributed by atoms with Crippen molar-refractivity contribution in [2.45, 2.75) is 13.1 Å². The smallest absolute Gasteiger partial charge is 0.335 e. The Bertz CT molecular complexity index is 596. The topological polar surface area (TPSA) is 78.4 Å². The molecule has 0 bridgehead atoms. The maximum atomic E-state index is 11.6. The van der Waals surface area contributed by atoms with Gasteiger partial charge in [-0.3, -0.25) is 0 Å². The number of nitrogens with one attached hydrogen (secondary N) is 2. The highest BCUT2D eigenvalue weighted by atomic mass is 32.1. The van der Waals surface area contributed by atoms with E-state index in [4.69, 9.17) is 5.11 Å². The van der Waals surface area contributed by atoms with Crippen LogP contribution in [-0.2, 0) is 13.1 Å². The Balaban J connectivity index is 1.81. The number of carboxylic acid groups (broad SMARTS) is 1. The Morgan fingerprint density at radius 1 is 1.10 bits per heavy atom. The predicted octanol–water partition coefficient (Wildman–Crippen LogP) is 2.45. The fourth-order valence-corrected chi connectivity index (χ4v) is 2.30. The average molecular weight is 290 g/mol. The van der Waals surface area contributed by atoms with E-state index in [1.54, 1.807) is 29.5 Å². The Labute approximate surface area is 120 Å². The number of rotatable bonds is 5. The van der Waals surface area contributed by atoms with Gasteiger partial charge in [0.25, 0.3) is 0 Å². The van der Waals surface area contributed by atoms with E-state index in [1.165, 1.54) is 6.07 Å². The van der Waals surface area contributed by atoms with Gasteiger partial charge in [-0.25, -0.2) is 9.59 Å². The molecule has 2 aromatic rings. The van der Waals surface area contributed by atoms with E-state index < -0.39 is 5.97 Å². The van der Waals surface area contributed by atoms with E-state index in [2.05, 4.69) is 10.6 Å². The minimum atomic E-state index is -0.978. The molecule has 3 N–H and O–H groups in total. The molecule has 6 heteroatoms. The van der Waals surface area contributed by atoms with Gasteiger partial charge in [-0.05, 0) is 40.1 Å². The van der Waals surface area contributed by atoms with Crippen LogP contribution in [0.2, 0.25) is 0 Å². The number of carboxylic acids is 1. The Hall–Kier alpha value is -2.34. The van der Waals surface area contributed by atoms with Crippen molar-refractivity contribution in [3.63, 3.8) is 0 Å². The Morgan fingerprint density at radius 2 is 1.85 bits per heavy atom. The number of carbonyl (C=O) groups is 2. The van der Waals surface area contributed by atoms with Crippen LogP contribution in [0.15, 0.2) is 41.1 Å². The minimum Gasteiger partial charge on any atom is -0.478 e. The first kappa shape index (κ1) is 14.1. The third-order valence-electron chi connectivity index (χ3n) is 2.66. The van der Waals surface area contributed by atoms with Crippen LogP contribution in [0, 0.1) is 0 Å². The largest absolute Gasteiger partial charge is 0.478 e. The van der Waals surface area contributed by atoms with Gasteiger partial charge < -0.3 is 15.7 Å². The van der Waals surface area contributed by atoms with Crippen molar-refractivity contribution in [3.8, 4) is 0 Å². The summed E-state index contributed by atoms with van der Waals surface area (Å²) in [5.74, 6) is -0.978. The number of aromatic carboxylic acids is 1. The first-order chi connectivity index (χ1) is 9.65. The van der Waals surface area contributed by atoms with Crippen LogP contribution >= 0.6 is 11.3 Å². The average Bonchev–Trinajstić information content (AvgIpc) is 2.96. The molecule has 0 unspecified atom stereocenters. The van der Waals surface area contributed by atoms with E-state index in [1.807, 2.05) is 16.8 Å². The first-order valence-electron chi connectivity index (χ1n) is 6.00. The molecule has 1 heterocycles. The molecule has 0 radical (unpaired) electrons. The predicted molar refractivity (Wildman–Crippen MR) is 76.8 cm³/mol. The fraction of sp³-hybridized carbons (Fsp3) is 0.143. The molecule has 0 aliphatic carbocycles. The van der Waals surface area contributed by atoms with Gasteiger partial charge in [-0.2, -0.15) is 11.3 Å². The zero-order valence-corrected chi connectivity index (χ0v) is 11.4. The molecule has 5 nitrogen and oxygen atoms in total. The lowest BCUT2D eigenvalue weighted by atomic mass is 10.1. The molecule has 104 valence electrons. The highest BCUT2D eigenvalue weighted by molar-refractivity contribution is 7.07. The highest BCUT2D eigenvalue weighted by Crippen LogP contribution is 2.06. The van der Waals surface area contributed by atoms with E-state index in [9.17, 15) is 9.59 Å². The number of thiophene rings is 1. The summed E-state index contributed by atoms with van der Waals surface area (Å²) in [5.41, 5.74) is 2.01. The maximum Gasteiger partial charge on any atom is 0.335 e. The quantitative estimate of drug-likeness (QED) is 0.791. The molecule has 20 heavy (non-hydrogen) atoms. The standard InChI is InChI=1S/C14H14N2O3S/c17-13(18)12-3-1-2-10(6-12)7-15-14(19)16-8-11-4-5-20-9-11/h1-6,9H,7-8H2,(H,17,18)(H2,15,16,19). The van der Waals surface area contributed by atoms with Crippen molar-refractivity contribution in [2.75, 3.05) is 0 Å². The minimum absolute atomic E-state index is 0.211. The third-order valence-corrected chi connectivity index (χ3v) is 3.39. The number of urea groups is 1. The molecule has 0 spiro atoms. The van der Waals surface area contributed by atoms with Crippen LogP contribution < -0.4 is 10.6 Å². The normalized spacial score (nSPS) is 10.0. The van der Waals surface area contributed by atoms with Crippen LogP contribution in [0.5, 0.6) is 0 Å². The molecular weight excluding hydrogens is 276 g/mol. The molecule has 0 saturated heterocycles. The van der Waals surface area contributed by atoms with Crippen LogP contribution in [-0.4, -0.2) is 17.1 Å². The summed E-state index contributed by atoms with van der Waals surface area (Å²) in [4.78, 5) is 22.4. The van der Waals surface area contributed by atoms with E-state index >= 15 is 0 Å². The summed E-state index contributed by atoms with van der Waals surface area (Å²) >= 11 is 1.58. The van der Waals surface area contributed by atoms with E-state index in [-0.39, 0.29) is 18.1 Å². The molecule has 0 aliphatic rings. The van der Waals surface area contributed by atoms with Crippen molar-refractivity contribution >= 4 is 23.3 Å². The Kier molecular flexibility index (Phi) is 4.73. The second-order valence-electron chi connectivity index (χ2n) is 4.17. The molecule has 2 amide bonds. The lowest BCUT2D eigenvalue weighted by Gasteiger charge is -2.07. The van der Waals surface area contributed by atoms with E-state index in [0.717, 1.165) is 11.1 Å². The molecular formula is C14H14N2O3S. The molecule has 0 atom stereocenters. The van der Waals surface area contributed by atoms with Crippen LogP contribution in [0.3, 0.4) is 0 Å². The van der Waals surface area contributed by atoms with Crippen LogP contribution in [0.4, 0.5) is 4.79 Å². The fourth-order valence-electron chi connectivity index (χ4n) is 1.63. The molecule has 0 fully saturated rings. The van der Waals surface area contributed by atoms with Crippen molar-refractivity contribution in [1.82, 2.24) is 10.6 Å². The Morgan fingerprint density at radius 3 is 2.50 bits per heavy atom. The summed E-state index contributed by atoms with van der Waals surface area (Å²) in [7, 11) is 0. The maximum absolute atomic E-state index is 11.6. The van der Waals surface area contributed by atoms with Crippen LogP contribution in [0.25, 0.3) is 0 Å². The SMILES string of the molecule is O=C(NCc1ccsc1)NCc1cccc(C(=O)O)c1. The molecule has 0 aliphatic heterocycles. The van der Waals surface area contributed by atoms with Gasteiger partial charge in [0.1, 0.15) is 0 Å². The van der Waals surface area contributed by atoms with E-state index in [0.29, 0.717) is 6.54 Å². The van der Waals surface area contributed by atoms with Gasteiger partial charge in [0.2, 0.25) is 0 Å². The zero-order valence-electron chi connectivity index (χ0n) is 10.6. The summed E-state index contributed by atoms with van der Waals surface area (Å²) in [6.07, 6.45) is 0. The van der Waals surface area contributed by atoms with Gasteiger partial charge in [0, 0.05) is 13.1 Å². The zero-order chi connectivity index (χ0) is 14.4. The highest BCUT2D eigenvalue weighted by Gasteiger charge is 2.04. The summed E-state index contributed by atoms with van der Waals surface area (Å²) in [5, 5.41) is 18.2. The number of amides is 2. The monoisotopic (exact) mass is 290 g/mol. The number of hydrogen-bond donors (Lipinski definition) is 3. The molecule has 1 aromatic carbocycles. The second kappa shape index (κ2) is 6.72. The third kappa shape index (κ3) is 4.10. The summed E-state index contributed by atoms with van der Waals surface area (Å²) in [6, 6.07) is 8.15. The van der Waals surface area contributed by atoms with Crippen molar-refractivity contribution in [2.24, 2.45) is 0 Å². The lowest BCUT2D eigenvalue weighted by molar-refractivity contribution is 0.0696. The van der Waals surface area contributed by atoms with Crippen LogP contribution in [0.1, 0.15) is 21.5 Å². The van der Waals surface area contributed by atoms with Gasteiger partial charge in [-0.15, -0.1) is 0 Å².